The zero-order valence-corrected chi connectivity index (χ0v) is 6.79. The predicted molar refractivity (Wildman–Crippen MR) is 42.1 cm³/mol. The predicted octanol–water partition coefficient (Wildman–Crippen LogP) is 0.835. The number of carboxylic acids is 1. The van der Waals surface area contributed by atoms with Gasteiger partial charge in [0.2, 0.25) is 0 Å². The number of aliphatic carboxylic acids is 1. The maximum absolute atomic E-state index is 10.6. The first kappa shape index (κ1) is 8.53. The van der Waals surface area contributed by atoms with Crippen LogP contribution in [-0.2, 0) is 4.79 Å². The summed E-state index contributed by atoms with van der Waals surface area (Å²) in [7, 11) is 0. The quantitative estimate of drug-likeness (QED) is 0.592. The SMILES string of the molecule is CC1CCC(C(=O)O)CC1N. The lowest BCUT2D eigenvalue weighted by atomic mass is 9.80. The van der Waals surface area contributed by atoms with Crippen LogP contribution in [0.1, 0.15) is 26.2 Å². The third-order valence-electron chi connectivity index (χ3n) is 2.61. The van der Waals surface area contributed by atoms with Crippen LogP contribution in [0.25, 0.3) is 0 Å². The molecule has 3 unspecified atom stereocenters. The van der Waals surface area contributed by atoms with E-state index in [0.29, 0.717) is 12.3 Å². The molecule has 0 aromatic heterocycles. The van der Waals surface area contributed by atoms with Gasteiger partial charge in [0, 0.05) is 6.04 Å². The lowest BCUT2D eigenvalue weighted by Crippen LogP contribution is -2.37. The van der Waals surface area contributed by atoms with Crippen LogP contribution in [0.3, 0.4) is 0 Å². The third-order valence-corrected chi connectivity index (χ3v) is 2.61. The average molecular weight is 157 g/mol. The highest BCUT2D eigenvalue weighted by Crippen LogP contribution is 2.27. The van der Waals surface area contributed by atoms with Gasteiger partial charge in [0.25, 0.3) is 0 Å². The van der Waals surface area contributed by atoms with E-state index in [1.807, 2.05) is 0 Å². The Morgan fingerprint density at radius 3 is 2.64 bits per heavy atom. The molecule has 3 heteroatoms. The Labute approximate surface area is 66.6 Å². The molecule has 64 valence electrons. The molecule has 3 nitrogen and oxygen atoms in total. The molecule has 1 fully saturated rings. The molecule has 0 bridgehead atoms. The van der Waals surface area contributed by atoms with Gasteiger partial charge >= 0.3 is 5.97 Å². The van der Waals surface area contributed by atoms with Gasteiger partial charge in [0.05, 0.1) is 5.92 Å². The first-order valence-electron chi connectivity index (χ1n) is 4.09. The van der Waals surface area contributed by atoms with E-state index in [0.717, 1.165) is 12.8 Å². The molecule has 0 aromatic carbocycles. The second-order valence-electron chi connectivity index (χ2n) is 3.49. The summed E-state index contributed by atoms with van der Waals surface area (Å²) in [6.07, 6.45) is 2.40. The molecule has 0 amide bonds. The van der Waals surface area contributed by atoms with Crippen LogP contribution < -0.4 is 5.73 Å². The monoisotopic (exact) mass is 157 g/mol. The van der Waals surface area contributed by atoms with Crippen molar-refractivity contribution in [2.45, 2.75) is 32.2 Å². The Kier molecular flexibility index (Phi) is 2.49. The van der Waals surface area contributed by atoms with Gasteiger partial charge in [-0.05, 0) is 25.2 Å². The lowest BCUT2D eigenvalue weighted by molar-refractivity contribution is -0.143. The highest BCUT2D eigenvalue weighted by molar-refractivity contribution is 5.70. The van der Waals surface area contributed by atoms with Crippen LogP contribution in [0, 0.1) is 11.8 Å². The van der Waals surface area contributed by atoms with Gasteiger partial charge in [-0.25, -0.2) is 0 Å². The number of carboxylic acid groups (broad SMARTS) is 1. The molecule has 0 saturated heterocycles. The summed E-state index contributed by atoms with van der Waals surface area (Å²) < 4.78 is 0. The van der Waals surface area contributed by atoms with Crippen LogP contribution >= 0.6 is 0 Å². The highest BCUT2D eigenvalue weighted by atomic mass is 16.4. The maximum atomic E-state index is 10.6. The molecule has 0 aliphatic heterocycles. The van der Waals surface area contributed by atoms with Crippen molar-refractivity contribution in [3.63, 3.8) is 0 Å². The molecule has 1 aliphatic carbocycles. The summed E-state index contributed by atoms with van der Waals surface area (Å²) in [5, 5.41) is 8.69. The minimum atomic E-state index is -0.688. The summed E-state index contributed by atoms with van der Waals surface area (Å²) in [5.41, 5.74) is 5.74. The van der Waals surface area contributed by atoms with Crippen molar-refractivity contribution >= 4 is 5.97 Å². The zero-order chi connectivity index (χ0) is 8.43. The number of rotatable bonds is 1. The van der Waals surface area contributed by atoms with Gasteiger partial charge in [-0.15, -0.1) is 0 Å². The number of hydrogen-bond acceptors (Lipinski definition) is 2. The Balaban J connectivity index is 2.46. The first-order chi connectivity index (χ1) is 5.11. The van der Waals surface area contributed by atoms with E-state index < -0.39 is 5.97 Å². The topological polar surface area (TPSA) is 63.3 Å². The second kappa shape index (κ2) is 3.22. The lowest BCUT2D eigenvalue weighted by Gasteiger charge is -2.29. The molecule has 1 rings (SSSR count). The van der Waals surface area contributed by atoms with Crippen LogP contribution in [0.5, 0.6) is 0 Å². The minimum Gasteiger partial charge on any atom is -0.481 e. The van der Waals surface area contributed by atoms with E-state index >= 15 is 0 Å². The summed E-state index contributed by atoms with van der Waals surface area (Å²) in [4.78, 5) is 10.6. The van der Waals surface area contributed by atoms with E-state index in [9.17, 15) is 4.79 Å². The van der Waals surface area contributed by atoms with E-state index in [2.05, 4.69) is 6.92 Å². The van der Waals surface area contributed by atoms with E-state index in [1.54, 1.807) is 0 Å². The standard InChI is InChI=1S/C8H15NO2/c1-5-2-3-6(8(10)11)4-7(5)9/h5-7H,2-4,9H2,1H3,(H,10,11). The van der Waals surface area contributed by atoms with Crippen molar-refractivity contribution in [2.75, 3.05) is 0 Å². The van der Waals surface area contributed by atoms with Gasteiger partial charge in [-0.3, -0.25) is 4.79 Å². The minimum absolute atomic E-state index is 0.0878. The van der Waals surface area contributed by atoms with Crippen LogP contribution in [0.15, 0.2) is 0 Å². The van der Waals surface area contributed by atoms with Gasteiger partial charge in [0.15, 0.2) is 0 Å². The van der Waals surface area contributed by atoms with Crippen molar-refractivity contribution in [3.8, 4) is 0 Å². The largest absolute Gasteiger partial charge is 0.481 e. The van der Waals surface area contributed by atoms with Crippen molar-refractivity contribution in [1.29, 1.82) is 0 Å². The Morgan fingerprint density at radius 1 is 1.55 bits per heavy atom. The Hall–Kier alpha value is -0.570. The Morgan fingerprint density at radius 2 is 2.18 bits per heavy atom. The van der Waals surface area contributed by atoms with Gasteiger partial charge in [-0.2, -0.15) is 0 Å². The Bertz CT molecular complexity index is 158. The number of carbonyl (C=O) groups is 1. The summed E-state index contributed by atoms with van der Waals surface area (Å²) >= 11 is 0. The van der Waals surface area contributed by atoms with Crippen LogP contribution in [0.2, 0.25) is 0 Å². The van der Waals surface area contributed by atoms with Gasteiger partial charge < -0.3 is 10.8 Å². The molecular weight excluding hydrogens is 142 g/mol. The third kappa shape index (κ3) is 1.93. The summed E-state index contributed by atoms with van der Waals surface area (Å²) in [6, 6.07) is 0.0878. The van der Waals surface area contributed by atoms with Crippen molar-refractivity contribution in [2.24, 2.45) is 17.6 Å². The van der Waals surface area contributed by atoms with E-state index in [4.69, 9.17) is 10.8 Å². The molecule has 0 aromatic rings. The fraction of sp³-hybridized carbons (Fsp3) is 0.875. The number of nitrogens with two attached hydrogens (primary N) is 1. The molecular formula is C8H15NO2. The maximum Gasteiger partial charge on any atom is 0.306 e. The van der Waals surface area contributed by atoms with E-state index in [-0.39, 0.29) is 12.0 Å². The molecule has 11 heavy (non-hydrogen) atoms. The molecule has 1 aliphatic rings. The molecule has 0 spiro atoms. The van der Waals surface area contributed by atoms with Gasteiger partial charge in [-0.1, -0.05) is 6.92 Å². The van der Waals surface area contributed by atoms with E-state index in [1.165, 1.54) is 0 Å². The molecule has 3 atom stereocenters. The van der Waals surface area contributed by atoms with Crippen molar-refractivity contribution in [3.05, 3.63) is 0 Å². The summed E-state index contributed by atoms with van der Waals surface area (Å²) in [5.74, 6) is -0.390. The summed E-state index contributed by atoms with van der Waals surface area (Å²) in [6.45, 7) is 2.09. The fourth-order valence-electron chi connectivity index (χ4n) is 1.58. The smallest absolute Gasteiger partial charge is 0.306 e. The fourth-order valence-corrected chi connectivity index (χ4v) is 1.58. The number of hydrogen-bond donors (Lipinski definition) is 2. The average Bonchev–Trinajstić information content (AvgIpc) is 1.94. The highest BCUT2D eigenvalue weighted by Gasteiger charge is 2.28. The normalized spacial score (nSPS) is 38.5. The molecule has 3 N–H and O–H groups in total. The van der Waals surface area contributed by atoms with Gasteiger partial charge in [0.1, 0.15) is 0 Å². The zero-order valence-electron chi connectivity index (χ0n) is 6.79. The molecule has 0 radical (unpaired) electrons. The van der Waals surface area contributed by atoms with Crippen LogP contribution in [0.4, 0.5) is 0 Å². The van der Waals surface area contributed by atoms with Crippen molar-refractivity contribution in [1.82, 2.24) is 0 Å². The van der Waals surface area contributed by atoms with Crippen LogP contribution in [-0.4, -0.2) is 17.1 Å². The first-order valence-corrected chi connectivity index (χ1v) is 4.09. The van der Waals surface area contributed by atoms with Crippen molar-refractivity contribution < 1.29 is 9.90 Å². The molecule has 0 heterocycles. The molecule has 1 saturated carbocycles. The second-order valence-corrected chi connectivity index (χ2v) is 3.49.